The second-order valence-corrected chi connectivity index (χ2v) is 4.51. The Morgan fingerprint density at radius 1 is 1.31 bits per heavy atom. The van der Waals surface area contributed by atoms with Crippen LogP contribution >= 0.6 is 11.6 Å². The minimum Gasteiger partial charge on any atom is -0.383 e. The summed E-state index contributed by atoms with van der Waals surface area (Å²) in [4.78, 5) is 4.38. The summed E-state index contributed by atoms with van der Waals surface area (Å²) >= 11 is 6.15. The van der Waals surface area contributed by atoms with E-state index in [0.717, 1.165) is 34.9 Å². The Hall–Kier alpha value is -1.28. The van der Waals surface area contributed by atoms with Crippen molar-refractivity contribution in [2.75, 3.05) is 5.73 Å². The van der Waals surface area contributed by atoms with Gasteiger partial charge in [-0.25, -0.2) is 4.98 Å². The van der Waals surface area contributed by atoms with Gasteiger partial charge in [0.15, 0.2) is 0 Å². The van der Waals surface area contributed by atoms with E-state index >= 15 is 0 Å². The molecule has 2 N–H and O–H groups in total. The maximum atomic E-state index is 6.15. The number of pyridine rings is 1. The molecule has 1 heterocycles. The summed E-state index contributed by atoms with van der Waals surface area (Å²) in [5.41, 5.74) is 8.96. The Bertz CT molecular complexity index is 535. The van der Waals surface area contributed by atoms with Gasteiger partial charge in [-0.05, 0) is 42.7 Å². The molecule has 1 aromatic heterocycles. The van der Waals surface area contributed by atoms with Crippen molar-refractivity contribution in [1.82, 2.24) is 4.98 Å². The molecule has 0 aliphatic rings. The number of nitrogens with zero attached hydrogens (tertiary/aromatic N) is 1. The molecule has 0 fully saturated rings. The zero-order valence-corrected chi connectivity index (χ0v) is 10.3. The van der Waals surface area contributed by atoms with E-state index in [-0.39, 0.29) is 0 Å². The first kappa shape index (κ1) is 11.2. The van der Waals surface area contributed by atoms with E-state index in [1.54, 1.807) is 0 Å². The Balaban J connectivity index is 2.69. The van der Waals surface area contributed by atoms with Crippen molar-refractivity contribution < 1.29 is 0 Å². The average Bonchev–Trinajstić information content (AvgIpc) is 2.21. The van der Waals surface area contributed by atoms with Crippen molar-refractivity contribution in [3.63, 3.8) is 0 Å². The maximum absolute atomic E-state index is 6.15. The molecule has 0 amide bonds. The van der Waals surface area contributed by atoms with E-state index in [1.165, 1.54) is 0 Å². The molecule has 3 heteroatoms. The highest BCUT2D eigenvalue weighted by molar-refractivity contribution is 6.35. The second kappa shape index (κ2) is 4.30. The first-order valence-corrected chi connectivity index (χ1v) is 5.85. The van der Waals surface area contributed by atoms with Gasteiger partial charge in [0.25, 0.3) is 0 Å². The lowest BCUT2D eigenvalue weighted by Crippen LogP contribution is -1.98. The van der Waals surface area contributed by atoms with Gasteiger partial charge in [0.05, 0.1) is 10.5 Å². The van der Waals surface area contributed by atoms with Crippen LogP contribution in [0, 0.1) is 6.92 Å². The predicted octanol–water partition coefficient (Wildman–Crippen LogP) is 3.73. The topological polar surface area (TPSA) is 38.9 Å². The quantitative estimate of drug-likeness (QED) is 0.860. The standard InChI is InChI=1S/C13H15ClN2/c1-3-4-9-7-10-5-8(2)6-11(14)12(10)16-13(9)15/h5-7H,3-4H2,1-2H3,(H2,15,16). The molecule has 2 rings (SSSR count). The zero-order chi connectivity index (χ0) is 11.7. The van der Waals surface area contributed by atoms with Gasteiger partial charge in [0.1, 0.15) is 5.82 Å². The van der Waals surface area contributed by atoms with Gasteiger partial charge in [-0.2, -0.15) is 0 Å². The normalized spacial score (nSPS) is 10.9. The smallest absolute Gasteiger partial charge is 0.127 e. The van der Waals surface area contributed by atoms with Crippen LogP contribution in [0.2, 0.25) is 5.02 Å². The van der Waals surface area contributed by atoms with Crippen LogP contribution in [0.15, 0.2) is 18.2 Å². The van der Waals surface area contributed by atoms with Crippen LogP contribution < -0.4 is 5.73 Å². The number of hydrogen-bond donors (Lipinski definition) is 1. The monoisotopic (exact) mass is 234 g/mol. The Labute approximate surface area is 100 Å². The highest BCUT2D eigenvalue weighted by Gasteiger charge is 2.06. The summed E-state index contributed by atoms with van der Waals surface area (Å²) in [6, 6.07) is 6.10. The van der Waals surface area contributed by atoms with Crippen LogP contribution in [-0.2, 0) is 6.42 Å². The van der Waals surface area contributed by atoms with E-state index < -0.39 is 0 Å². The molecular formula is C13H15ClN2. The molecule has 0 unspecified atom stereocenters. The third-order valence-corrected chi connectivity index (χ3v) is 2.94. The van der Waals surface area contributed by atoms with E-state index in [0.29, 0.717) is 10.8 Å². The summed E-state index contributed by atoms with van der Waals surface area (Å²) in [6.45, 7) is 4.16. The fourth-order valence-corrected chi connectivity index (χ4v) is 2.24. The molecule has 0 aliphatic heterocycles. The first-order chi connectivity index (χ1) is 7.61. The SMILES string of the molecule is CCCc1cc2cc(C)cc(Cl)c2nc1N. The fourth-order valence-electron chi connectivity index (χ4n) is 1.91. The average molecular weight is 235 g/mol. The minimum absolute atomic E-state index is 0.597. The van der Waals surface area contributed by atoms with Crippen LogP contribution in [0.25, 0.3) is 10.9 Å². The molecule has 2 aromatic rings. The fraction of sp³-hybridized carbons (Fsp3) is 0.308. The van der Waals surface area contributed by atoms with Crippen molar-refractivity contribution in [1.29, 1.82) is 0 Å². The van der Waals surface area contributed by atoms with Crippen molar-refractivity contribution in [3.8, 4) is 0 Å². The molecule has 1 aromatic carbocycles. The number of aromatic nitrogens is 1. The largest absolute Gasteiger partial charge is 0.383 e. The zero-order valence-electron chi connectivity index (χ0n) is 9.55. The molecule has 0 saturated carbocycles. The summed E-state index contributed by atoms with van der Waals surface area (Å²) < 4.78 is 0. The van der Waals surface area contributed by atoms with Gasteiger partial charge in [-0.15, -0.1) is 0 Å². The lowest BCUT2D eigenvalue weighted by atomic mass is 10.1. The molecule has 0 radical (unpaired) electrons. The van der Waals surface area contributed by atoms with Gasteiger partial charge in [-0.3, -0.25) is 0 Å². The van der Waals surface area contributed by atoms with Gasteiger partial charge in [0.2, 0.25) is 0 Å². The molecule has 0 saturated heterocycles. The van der Waals surface area contributed by atoms with Crippen LogP contribution in [0.1, 0.15) is 24.5 Å². The number of halogens is 1. The first-order valence-electron chi connectivity index (χ1n) is 5.47. The van der Waals surface area contributed by atoms with E-state index in [1.807, 2.05) is 13.0 Å². The molecule has 2 nitrogen and oxygen atoms in total. The van der Waals surface area contributed by atoms with Crippen molar-refractivity contribution in [2.24, 2.45) is 0 Å². The number of hydrogen-bond acceptors (Lipinski definition) is 2. The molecule has 16 heavy (non-hydrogen) atoms. The van der Waals surface area contributed by atoms with E-state index in [4.69, 9.17) is 17.3 Å². The number of aryl methyl sites for hydroxylation is 2. The van der Waals surface area contributed by atoms with Crippen molar-refractivity contribution in [3.05, 3.63) is 34.3 Å². The molecular weight excluding hydrogens is 220 g/mol. The lowest BCUT2D eigenvalue weighted by molar-refractivity contribution is 0.921. The van der Waals surface area contributed by atoms with Crippen LogP contribution in [0.3, 0.4) is 0 Å². The Morgan fingerprint density at radius 2 is 2.06 bits per heavy atom. The lowest BCUT2D eigenvalue weighted by Gasteiger charge is -2.08. The molecule has 84 valence electrons. The van der Waals surface area contributed by atoms with Crippen LogP contribution in [0.4, 0.5) is 5.82 Å². The van der Waals surface area contributed by atoms with Gasteiger partial charge in [0, 0.05) is 5.39 Å². The number of anilines is 1. The summed E-state index contributed by atoms with van der Waals surface area (Å²) in [6.07, 6.45) is 2.03. The van der Waals surface area contributed by atoms with Crippen molar-refractivity contribution >= 4 is 28.3 Å². The van der Waals surface area contributed by atoms with Crippen molar-refractivity contribution in [2.45, 2.75) is 26.7 Å². The Morgan fingerprint density at radius 3 is 2.75 bits per heavy atom. The summed E-state index contributed by atoms with van der Waals surface area (Å²) in [7, 11) is 0. The third-order valence-electron chi connectivity index (χ3n) is 2.65. The number of rotatable bonds is 2. The third kappa shape index (κ3) is 1.98. The molecule has 0 bridgehead atoms. The van der Waals surface area contributed by atoms with Gasteiger partial charge >= 0.3 is 0 Å². The second-order valence-electron chi connectivity index (χ2n) is 4.10. The maximum Gasteiger partial charge on any atom is 0.127 e. The Kier molecular flexibility index (Phi) is 3.01. The number of nitrogens with two attached hydrogens (primary N) is 1. The summed E-state index contributed by atoms with van der Waals surface area (Å²) in [5.74, 6) is 0.597. The van der Waals surface area contributed by atoms with E-state index in [2.05, 4.69) is 24.0 Å². The minimum atomic E-state index is 0.597. The van der Waals surface area contributed by atoms with Crippen LogP contribution in [0.5, 0.6) is 0 Å². The number of nitrogen functional groups attached to an aromatic ring is 1. The highest BCUT2D eigenvalue weighted by Crippen LogP contribution is 2.27. The summed E-state index contributed by atoms with van der Waals surface area (Å²) in [5, 5.41) is 1.74. The van der Waals surface area contributed by atoms with Crippen LogP contribution in [-0.4, -0.2) is 4.98 Å². The number of fused-ring (bicyclic) bond motifs is 1. The molecule has 0 spiro atoms. The number of benzene rings is 1. The molecule has 0 atom stereocenters. The highest BCUT2D eigenvalue weighted by atomic mass is 35.5. The predicted molar refractivity (Wildman–Crippen MR) is 69.9 cm³/mol. The van der Waals surface area contributed by atoms with E-state index in [9.17, 15) is 0 Å². The molecule has 0 aliphatic carbocycles. The van der Waals surface area contributed by atoms with Gasteiger partial charge < -0.3 is 5.73 Å². The van der Waals surface area contributed by atoms with Gasteiger partial charge in [-0.1, -0.05) is 24.9 Å².